The van der Waals surface area contributed by atoms with Crippen molar-refractivity contribution in [3.05, 3.63) is 95.3 Å². The smallest absolute Gasteiger partial charge is 0.164 e. The standard InChI is InChI=1S/C30H29N2S.C15H28O2.Ir/c1-19(2)13-22-16-25-24(11-8-12-29(25)33-22)28-17-27(31-18-32-28)21-14-20-9-6-7-10-23(20)26(15-21)30(3,4)5;1-7-14(5,8-2)12(16)11-13(17)15(6,9-3)10-4;/h6-12,15-19H,13H2,1-5H3;11,16H,7-10H2,1-6H3;/q-1;;/b;12-11-;. The van der Waals surface area contributed by atoms with Gasteiger partial charge in [0.2, 0.25) is 0 Å². The second kappa shape index (κ2) is 17.6. The minimum absolute atomic E-state index is 0. The maximum atomic E-state index is 12.2. The molecule has 0 fully saturated rings. The molecule has 5 aromatic rings. The van der Waals surface area contributed by atoms with E-state index in [0.717, 1.165) is 54.4 Å². The molecule has 1 N–H and O–H groups in total. The van der Waals surface area contributed by atoms with Gasteiger partial charge in [-0.3, -0.25) is 9.78 Å². The molecule has 275 valence electrons. The fraction of sp³-hybridized carbons (Fsp3) is 0.444. The van der Waals surface area contributed by atoms with Gasteiger partial charge in [-0.15, -0.1) is 40.5 Å². The van der Waals surface area contributed by atoms with E-state index in [-0.39, 0.29) is 47.9 Å². The molecule has 5 rings (SSSR count). The maximum Gasteiger partial charge on any atom is 0.164 e. The molecule has 0 saturated carbocycles. The molecule has 0 atom stereocenters. The Morgan fingerprint density at radius 3 is 2.06 bits per heavy atom. The molecule has 0 aliphatic carbocycles. The van der Waals surface area contributed by atoms with Crippen LogP contribution in [0.1, 0.15) is 112 Å². The van der Waals surface area contributed by atoms with Crippen molar-refractivity contribution in [2.24, 2.45) is 16.7 Å². The Hall–Kier alpha value is -3.18. The maximum absolute atomic E-state index is 12.2. The Morgan fingerprint density at radius 2 is 1.45 bits per heavy atom. The third kappa shape index (κ3) is 9.83. The number of aliphatic hydroxyl groups excluding tert-OH is 1. The summed E-state index contributed by atoms with van der Waals surface area (Å²) < 4.78 is 1.32. The van der Waals surface area contributed by atoms with E-state index in [4.69, 9.17) is 0 Å². The van der Waals surface area contributed by atoms with Crippen LogP contribution in [0.15, 0.2) is 78.8 Å². The zero-order valence-electron chi connectivity index (χ0n) is 32.5. The topological polar surface area (TPSA) is 63.1 Å². The van der Waals surface area contributed by atoms with Crippen LogP contribution in [0.4, 0.5) is 0 Å². The van der Waals surface area contributed by atoms with Crippen molar-refractivity contribution in [3.8, 4) is 22.5 Å². The first kappa shape index (κ1) is 42.2. The van der Waals surface area contributed by atoms with Crippen LogP contribution >= 0.6 is 11.3 Å². The number of thiophene rings is 1. The molecule has 2 aromatic heterocycles. The predicted octanol–water partition coefficient (Wildman–Crippen LogP) is 13.1. The van der Waals surface area contributed by atoms with Crippen molar-refractivity contribution in [3.63, 3.8) is 0 Å². The Morgan fingerprint density at radius 1 is 0.824 bits per heavy atom. The molecule has 1 radical (unpaired) electrons. The summed E-state index contributed by atoms with van der Waals surface area (Å²) in [6, 6.07) is 25.3. The van der Waals surface area contributed by atoms with Crippen molar-refractivity contribution >= 4 is 38.0 Å². The van der Waals surface area contributed by atoms with Gasteiger partial charge in [0.15, 0.2) is 5.78 Å². The van der Waals surface area contributed by atoms with Gasteiger partial charge in [-0.1, -0.05) is 117 Å². The number of hydrogen-bond donors (Lipinski definition) is 1. The van der Waals surface area contributed by atoms with Crippen molar-refractivity contribution in [2.75, 3.05) is 0 Å². The summed E-state index contributed by atoms with van der Waals surface area (Å²) >= 11 is 1.89. The minimum Gasteiger partial charge on any atom is -0.512 e. The monoisotopic (exact) mass is 882 g/mol. The van der Waals surface area contributed by atoms with Crippen LogP contribution in [-0.2, 0) is 36.7 Å². The largest absolute Gasteiger partial charge is 0.512 e. The van der Waals surface area contributed by atoms with E-state index in [2.05, 4.69) is 111 Å². The summed E-state index contributed by atoms with van der Waals surface area (Å²) in [7, 11) is 0. The molecule has 6 heteroatoms. The third-order valence-corrected chi connectivity index (χ3v) is 11.7. The van der Waals surface area contributed by atoms with Gasteiger partial charge in [0.25, 0.3) is 0 Å². The quantitative estimate of drug-likeness (QED) is 0.0815. The molecular weight excluding hydrogens is 825 g/mol. The SMILES string of the molecule is CC(C)Cc1cc2c(-c3cc(-c4[c-]c5ccccc5c(C(C)(C)C)c4)ncn3)cccc2s1.CCC(C)(CC)C(=O)/C=C(\O)C(C)(CC)CC.[Ir]. The van der Waals surface area contributed by atoms with E-state index in [1.807, 2.05) is 52.9 Å². The Bertz CT molecular complexity index is 1960. The molecule has 4 nitrogen and oxygen atoms in total. The number of allylic oxidation sites excluding steroid dienone is 2. The Kier molecular flexibility index (Phi) is 14.5. The summed E-state index contributed by atoms with van der Waals surface area (Å²) in [5.74, 6) is 0.932. The Labute approximate surface area is 324 Å². The summed E-state index contributed by atoms with van der Waals surface area (Å²) in [6.45, 7) is 23.4. The molecule has 0 spiro atoms. The number of fused-ring (bicyclic) bond motifs is 2. The van der Waals surface area contributed by atoms with Gasteiger partial charge >= 0.3 is 0 Å². The molecule has 0 aliphatic heterocycles. The number of benzene rings is 3. The van der Waals surface area contributed by atoms with E-state index < -0.39 is 0 Å². The fourth-order valence-corrected chi connectivity index (χ4v) is 7.47. The Balaban J connectivity index is 0.000000335. The van der Waals surface area contributed by atoms with Crippen LogP contribution in [0, 0.1) is 22.8 Å². The van der Waals surface area contributed by atoms with Gasteiger partial charge < -0.3 is 5.11 Å². The van der Waals surface area contributed by atoms with Gasteiger partial charge in [0, 0.05) is 63.2 Å². The number of carbonyl (C=O) groups is 1. The summed E-state index contributed by atoms with van der Waals surface area (Å²) in [5, 5.41) is 13.8. The summed E-state index contributed by atoms with van der Waals surface area (Å²) in [6.07, 6.45) is 7.55. The van der Waals surface area contributed by atoms with E-state index >= 15 is 0 Å². The summed E-state index contributed by atoms with van der Waals surface area (Å²) in [5.41, 5.74) is 4.78. The molecule has 3 aromatic carbocycles. The number of ketones is 1. The molecular formula is C45H57IrN2O2S-. The van der Waals surface area contributed by atoms with Crippen molar-refractivity contribution in [1.82, 2.24) is 9.97 Å². The van der Waals surface area contributed by atoms with Crippen LogP contribution in [0.25, 0.3) is 43.4 Å². The zero-order valence-corrected chi connectivity index (χ0v) is 35.7. The van der Waals surface area contributed by atoms with E-state index in [0.29, 0.717) is 5.92 Å². The van der Waals surface area contributed by atoms with Gasteiger partial charge in [-0.25, -0.2) is 4.98 Å². The van der Waals surface area contributed by atoms with Gasteiger partial charge in [-0.05, 0) is 61.6 Å². The van der Waals surface area contributed by atoms with Crippen LogP contribution in [0.5, 0.6) is 0 Å². The number of aliphatic hydroxyl groups is 1. The van der Waals surface area contributed by atoms with Crippen LogP contribution < -0.4 is 0 Å². The number of nitrogens with zero attached hydrogens (tertiary/aromatic N) is 2. The average Bonchev–Trinajstić information content (AvgIpc) is 3.52. The van der Waals surface area contributed by atoms with Gasteiger partial charge in [0.05, 0.1) is 5.69 Å². The second-order valence-corrected chi connectivity index (χ2v) is 16.8. The van der Waals surface area contributed by atoms with E-state index in [1.165, 1.54) is 37.6 Å². The number of hydrogen-bond acceptors (Lipinski definition) is 5. The van der Waals surface area contributed by atoms with Crippen molar-refractivity contribution < 1.29 is 30.0 Å². The van der Waals surface area contributed by atoms with Gasteiger partial charge in [-0.2, -0.15) is 0 Å². The molecule has 0 amide bonds. The fourth-order valence-electron chi connectivity index (χ4n) is 6.16. The normalized spacial score (nSPS) is 12.5. The number of aromatic nitrogens is 2. The number of carbonyl (C=O) groups excluding carboxylic acids is 1. The molecule has 0 saturated heterocycles. The second-order valence-electron chi connectivity index (χ2n) is 15.6. The van der Waals surface area contributed by atoms with Crippen LogP contribution in [0.2, 0.25) is 0 Å². The first-order valence-electron chi connectivity index (χ1n) is 18.3. The number of rotatable bonds is 11. The minimum atomic E-state index is -0.337. The van der Waals surface area contributed by atoms with E-state index in [9.17, 15) is 9.90 Å². The van der Waals surface area contributed by atoms with Crippen LogP contribution in [-0.4, -0.2) is 20.9 Å². The molecule has 0 aliphatic rings. The summed E-state index contributed by atoms with van der Waals surface area (Å²) in [4.78, 5) is 22.9. The first-order chi connectivity index (χ1) is 23.6. The predicted molar refractivity (Wildman–Crippen MR) is 215 cm³/mol. The molecule has 2 heterocycles. The third-order valence-electron chi connectivity index (χ3n) is 10.6. The molecule has 0 bridgehead atoms. The van der Waals surface area contributed by atoms with Gasteiger partial charge in [0.1, 0.15) is 12.1 Å². The van der Waals surface area contributed by atoms with Crippen molar-refractivity contribution in [2.45, 2.75) is 114 Å². The van der Waals surface area contributed by atoms with Crippen molar-refractivity contribution in [1.29, 1.82) is 0 Å². The average molecular weight is 882 g/mol. The zero-order chi connectivity index (χ0) is 36.9. The molecule has 0 unspecified atom stereocenters. The van der Waals surface area contributed by atoms with E-state index in [1.54, 1.807) is 6.33 Å². The van der Waals surface area contributed by atoms with Crippen LogP contribution in [0.3, 0.4) is 0 Å². The molecule has 51 heavy (non-hydrogen) atoms. The first-order valence-corrected chi connectivity index (χ1v) is 19.2.